The van der Waals surface area contributed by atoms with E-state index in [1.165, 1.54) is 19.1 Å². The largest absolute Gasteiger partial charge is 0.490 e. The number of aliphatic hydroxyl groups is 1. The van der Waals surface area contributed by atoms with Crippen molar-refractivity contribution in [3.05, 3.63) is 29.3 Å². The lowest BCUT2D eigenvalue weighted by atomic mass is 10.1. The maximum absolute atomic E-state index is 13.1. The van der Waals surface area contributed by atoms with Crippen molar-refractivity contribution in [2.24, 2.45) is 5.10 Å². The third kappa shape index (κ3) is 4.08. The van der Waals surface area contributed by atoms with Gasteiger partial charge in [0.25, 0.3) is 0 Å². The Balaban J connectivity index is 2.33. The first-order valence-corrected chi connectivity index (χ1v) is 6.27. The average molecular weight is 304 g/mol. The van der Waals surface area contributed by atoms with Gasteiger partial charge in [0.2, 0.25) is 0 Å². The van der Waals surface area contributed by atoms with Crippen LogP contribution in [0, 0.1) is 0 Å². The van der Waals surface area contributed by atoms with Crippen LogP contribution in [-0.4, -0.2) is 36.9 Å². The molecule has 116 valence electrons. The molecule has 2 rings (SSSR count). The smallest absolute Gasteiger partial charge is 0.419 e. The summed E-state index contributed by atoms with van der Waals surface area (Å²) in [4.78, 5) is 0. The number of benzene rings is 1. The van der Waals surface area contributed by atoms with Crippen molar-refractivity contribution in [2.75, 3.05) is 19.9 Å². The fourth-order valence-electron chi connectivity index (χ4n) is 1.77. The maximum atomic E-state index is 13.1. The number of alkyl halides is 3. The van der Waals surface area contributed by atoms with E-state index in [-0.39, 0.29) is 25.7 Å². The molecule has 2 N–H and O–H groups in total. The van der Waals surface area contributed by atoms with E-state index in [9.17, 15) is 13.2 Å². The highest BCUT2D eigenvalue weighted by molar-refractivity contribution is 6.02. The highest BCUT2D eigenvalue weighted by Crippen LogP contribution is 2.37. The molecule has 1 aromatic rings. The molecule has 0 unspecified atom stereocenters. The van der Waals surface area contributed by atoms with Crippen LogP contribution in [0.2, 0.25) is 0 Å². The summed E-state index contributed by atoms with van der Waals surface area (Å²) in [6.45, 7) is 1.58. The normalized spacial score (nSPS) is 16.9. The summed E-state index contributed by atoms with van der Waals surface area (Å²) in [5, 5.41) is 13.0. The molecule has 0 amide bonds. The van der Waals surface area contributed by atoms with Crippen LogP contribution >= 0.6 is 0 Å². The van der Waals surface area contributed by atoms with Gasteiger partial charge in [-0.15, -0.1) is 0 Å². The first-order chi connectivity index (χ1) is 9.88. The first-order valence-electron chi connectivity index (χ1n) is 6.27. The minimum Gasteiger partial charge on any atom is -0.490 e. The minimum absolute atomic E-state index is 0.137. The highest BCUT2D eigenvalue weighted by Gasteiger charge is 2.35. The van der Waals surface area contributed by atoms with Gasteiger partial charge in [-0.05, 0) is 25.1 Å². The van der Waals surface area contributed by atoms with E-state index < -0.39 is 17.8 Å². The van der Waals surface area contributed by atoms with E-state index in [0.29, 0.717) is 11.3 Å². The second-order valence-electron chi connectivity index (χ2n) is 4.58. The van der Waals surface area contributed by atoms with Crippen LogP contribution in [0.5, 0.6) is 5.75 Å². The Morgan fingerprint density at radius 3 is 2.81 bits per heavy atom. The summed E-state index contributed by atoms with van der Waals surface area (Å²) in [5.74, 6) is -0.322. The van der Waals surface area contributed by atoms with Gasteiger partial charge >= 0.3 is 6.18 Å². The number of nitrogens with one attached hydrogen (secondary N) is 1. The summed E-state index contributed by atoms with van der Waals surface area (Å²) in [7, 11) is 0. The van der Waals surface area contributed by atoms with Crippen molar-refractivity contribution >= 4 is 5.71 Å². The topological polar surface area (TPSA) is 63.1 Å². The fourth-order valence-corrected chi connectivity index (χ4v) is 1.77. The SMILES string of the molecule is C[C@@H](O)COc1ccc(C2=NNCOC2)cc1C(F)(F)F. The zero-order valence-electron chi connectivity index (χ0n) is 11.3. The molecule has 0 saturated carbocycles. The summed E-state index contributed by atoms with van der Waals surface area (Å²) in [5.41, 5.74) is 2.35. The quantitative estimate of drug-likeness (QED) is 0.889. The number of halogens is 3. The Kier molecular flexibility index (Phi) is 4.69. The standard InChI is InChI=1S/C13H15F3N2O3/c1-8(19)5-21-12-3-2-9(4-10(12)13(14,15)16)11-6-20-7-17-18-11/h2-4,8,17,19H,5-7H2,1H3/t8-/m1/s1. The Labute approximate surface area is 119 Å². The van der Waals surface area contributed by atoms with E-state index >= 15 is 0 Å². The van der Waals surface area contributed by atoms with Crippen LogP contribution in [0.4, 0.5) is 13.2 Å². The third-order valence-electron chi connectivity index (χ3n) is 2.72. The predicted octanol–water partition coefficient (Wildman–Crippen LogP) is 1.75. The molecular weight excluding hydrogens is 289 g/mol. The van der Waals surface area contributed by atoms with Crippen molar-refractivity contribution < 1.29 is 27.8 Å². The summed E-state index contributed by atoms with van der Waals surface area (Å²) >= 11 is 0. The molecule has 0 radical (unpaired) electrons. The van der Waals surface area contributed by atoms with Gasteiger partial charge in [-0.3, -0.25) is 5.43 Å². The number of hydrogen-bond acceptors (Lipinski definition) is 5. The fraction of sp³-hybridized carbons (Fsp3) is 0.462. The molecule has 1 aliphatic heterocycles. The van der Waals surface area contributed by atoms with Gasteiger partial charge < -0.3 is 14.6 Å². The number of nitrogens with zero attached hydrogens (tertiary/aromatic N) is 1. The van der Waals surface area contributed by atoms with Crippen LogP contribution in [-0.2, 0) is 10.9 Å². The molecule has 21 heavy (non-hydrogen) atoms. The molecular formula is C13H15F3N2O3. The molecule has 0 bridgehead atoms. The van der Waals surface area contributed by atoms with Crippen molar-refractivity contribution in [1.29, 1.82) is 0 Å². The van der Waals surface area contributed by atoms with Gasteiger partial charge in [-0.25, -0.2) is 0 Å². The number of ether oxygens (including phenoxy) is 2. The Hall–Kier alpha value is -1.80. The molecule has 0 aliphatic carbocycles. The van der Waals surface area contributed by atoms with Gasteiger partial charge in [0, 0.05) is 5.56 Å². The van der Waals surface area contributed by atoms with Crippen molar-refractivity contribution in [2.45, 2.75) is 19.2 Å². The van der Waals surface area contributed by atoms with E-state index in [4.69, 9.17) is 14.6 Å². The summed E-state index contributed by atoms with van der Waals surface area (Å²) in [6.07, 6.45) is -5.42. The second kappa shape index (κ2) is 6.31. The Bertz CT molecular complexity index is 530. The molecule has 1 heterocycles. The third-order valence-corrected chi connectivity index (χ3v) is 2.72. The van der Waals surface area contributed by atoms with Crippen molar-refractivity contribution in [1.82, 2.24) is 5.43 Å². The van der Waals surface area contributed by atoms with Gasteiger partial charge in [0.15, 0.2) is 0 Å². The number of hydrogen-bond donors (Lipinski definition) is 2. The number of aliphatic hydroxyl groups excluding tert-OH is 1. The van der Waals surface area contributed by atoms with Gasteiger partial charge in [-0.2, -0.15) is 18.3 Å². The average Bonchev–Trinajstić information content (AvgIpc) is 2.45. The van der Waals surface area contributed by atoms with E-state index in [2.05, 4.69) is 10.5 Å². The number of hydrazone groups is 1. The molecule has 0 aromatic heterocycles. The molecule has 8 heteroatoms. The molecule has 1 aromatic carbocycles. The van der Waals surface area contributed by atoms with Crippen LogP contribution in [0.1, 0.15) is 18.1 Å². The lowest BCUT2D eigenvalue weighted by Crippen LogP contribution is -2.26. The van der Waals surface area contributed by atoms with Gasteiger partial charge in [0.1, 0.15) is 19.1 Å². The molecule has 0 fully saturated rings. The zero-order chi connectivity index (χ0) is 15.5. The van der Waals surface area contributed by atoms with E-state index in [1.54, 1.807) is 0 Å². The van der Waals surface area contributed by atoms with Crippen LogP contribution in [0.25, 0.3) is 0 Å². The Morgan fingerprint density at radius 1 is 1.48 bits per heavy atom. The molecule has 1 atom stereocenters. The monoisotopic (exact) mass is 304 g/mol. The Morgan fingerprint density at radius 2 is 2.24 bits per heavy atom. The van der Waals surface area contributed by atoms with Gasteiger partial charge in [0.05, 0.1) is 24.0 Å². The zero-order valence-corrected chi connectivity index (χ0v) is 11.3. The lowest BCUT2D eigenvalue weighted by molar-refractivity contribution is -0.139. The molecule has 5 nitrogen and oxygen atoms in total. The van der Waals surface area contributed by atoms with E-state index in [1.807, 2.05) is 0 Å². The van der Waals surface area contributed by atoms with Crippen molar-refractivity contribution in [3.8, 4) is 5.75 Å². The molecule has 1 aliphatic rings. The molecule has 0 spiro atoms. The minimum atomic E-state index is -4.56. The van der Waals surface area contributed by atoms with Crippen LogP contribution < -0.4 is 10.2 Å². The second-order valence-corrected chi connectivity index (χ2v) is 4.58. The maximum Gasteiger partial charge on any atom is 0.419 e. The van der Waals surface area contributed by atoms with E-state index in [0.717, 1.165) is 6.07 Å². The van der Waals surface area contributed by atoms with Crippen LogP contribution in [0.3, 0.4) is 0 Å². The predicted molar refractivity (Wildman–Crippen MR) is 69.1 cm³/mol. The number of rotatable bonds is 4. The summed E-state index contributed by atoms with van der Waals surface area (Å²) < 4.78 is 49.4. The first kappa shape index (κ1) is 15.6. The van der Waals surface area contributed by atoms with Crippen LogP contribution in [0.15, 0.2) is 23.3 Å². The molecule has 0 saturated heterocycles. The van der Waals surface area contributed by atoms with Crippen molar-refractivity contribution in [3.63, 3.8) is 0 Å². The van der Waals surface area contributed by atoms with Gasteiger partial charge in [-0.1, -0.05) is 0 Å². The lowest BCUT2D eigenvalue weighted by Gasteiger charge is -2.18. The highest BCUT2D eigenvalue weighted by atomic mass is 19.4. The summed E-state index contributed by atoms with van der Waals surface area (Å²) in [6, 6.07) is 3.66.